The van der Waals surface area contributed by atoms with Crippen LogP contribution in [0.2, 0.25) is 0 Å². The molecular weight excluding hydrogens is 116 g/mol. The Morgan fingerprint density at radius 1 is 1.78 bits per heavy atom. The highest BCUT2D eigenvalue weighted by Gasteiger charge is 2.04. The Bertz CT molecular complexity index is 266. The zero-order valence-electron chi connectivity index (χ0n) is 5.63. The number of nitrogens with zero attached hydrogens (tertiary/aromatic N) is 2. The number of anilines is 1. The lowest BCUT2D eigenvalue weighted by Crippen LogP contribution is -2.03. The van der Waals surface area contributed by atoms with Crippen LogP contribution in [0, 0.1) is 0 Å². The second-order valence-corrected chi connectivity index (χ2v) is 1.72. The van der Waals surface area contributed by atoms with Gasteiger partial charge in [-0.05, 0) is 0 Å². The molecule has 1 aromatic heterocycles. The van der Waals surface area contributed by atoms with Crippen LogP contribution in [0.5, 0.6) is 0 Å². The molecule has 2 rings (SSSR count). The molecule has 1 unspecified atom stereocenters. The second kappa shape index (κ2) is 1.58. The Labute approximate surface area is 53.4 Å². The lowest BCUT2D eigenvalue weighted by molar-refractivity contribution is 1.00. The van der Waals surface area contributed by atoms with Crippen LogP contribution in [-0.4, -0.2) is 16.3 Å². The fourth-order valence-electron chi connectivity index (χ4n) is 0.728. The van der Waals surface area contributed by atoms with Gasteiger partial charge in [-0.2, -0.15) is 0 Å². The number of H-pyrrole nitrogens is 1. The van der Waals surface area contributed by atoms with E-state index in [4.69, 9.17) is 1.37 Å². The number of fused-ring (bicyclic) bond motifs is 1. The fraction of sp³-hybridized carbons (Fsp3) is 0.200. The molecule has 0 bridgehead atoms. The minimum absolute atomic E-state index is 0.543. The third kappa shape index (κ3) is 0.595. The van der Waals surface area contributed by atoms with Crippen LogP contribution in [0.4, 0.5) is 5.82 Å². The van der Waals surface area contributed by atoms with Crippen molar-refractivity contribution >= 4 is 12.2 Å². The van der Waals surface area contributed by atoms with Gasteiger partial charge in [-0.3, -0.25) is 4.99 Å². The molecule has 9 heavy (non-hydrogen) atoms. The molecule has 46 valence electrons. The highest BCUT2D eigenvalue weighted by molar-refractivity contribution is 5.76. The zero-order chi connectivity index (χ0) is 6.97. The monoisotopic (exact) mass is 123 g/mol. The van der Waals surface area contributed by atoms with Gasteiger partial charge in [-0.1, -0.05) is 0 Å². The Morgan fingerprint density at radius 3 is 3.67 bits per heavy atom. The van der Waals surface area contributed by atoms with Gasteiger partial charge in [-0.15, -0.1) is 0 Å². The first-order chi connectivity index (χ1) is 4.88. The SMILES string of the molecule is [2H]C1N=CNc2nc[nH]c21. The smallest absolute Gasteiger partial charge is 0.154 e. The van der Waals surface area contributed by atoms with E-state index in [9.17, 15) is 0 Å². The number of aliphatic imine (C=N–C) groups is 1. The van der Waals surface area contributed by atoms with E-state index >= 15 is 0 Å². The Morgan fingerprint density at radius 2 is 2.78 bits per heavy atom. The molecule has 1 atom stereocenters. The number of hydrogen-bond donors (Lipinski definition) is 2. The van der Waals surface area contributed by atoms with Crippen molar-refractivity contribution in [2.24, 2.45) is 4.99 Å². The van der Waals surface area contributed by atoms with Crippen LogP contribution in [0.15, 0.2) is 11.3 Å². The number of hydrogen-bond acceptors (Lipinski definition) is 3. The summed E-state index contributed by atoms with van der Waals surface area (Å²) in [6.45, 7) is -0.543. The Hall–Kier alpha value is -1.32. The van der Waals surface area contributed by atoms with Crippen LogP contribution >= 0.6 is 0 Å². The Balaban J connectivity index is 2.48. The molecule has 0 saturated carbocycles. The molecule has 4 heteroatoms. The Kier molecular flexibility index (Phi) is 0.642. The van der Waals surface area contributed by atoms with Gasteiger partial charge in [0.2, 0.25) is 0 Å². The quantitative estimate of drug-likeness (QED) is 0.523. The molecule has 0 saturated heterocycles. The predicted molar refractivity (Wildman–Crippen MR) is 34.4 cm³/mol. The molecule has 0 radical (unpaired) electrons. The summed E-state index contributed by atoms with van der Waals surface area (Å²) in [6.07, 6.45) is 3.04. The van der Waals surface area contributed by atoms with Crippen LogP contribution in [-0.2, 0) is 6.52 Å². The number of nitrogens with one attached hydrogen (secondary N) is 2. The molecular formula is C5H6N4. The molecule has 0 aromatic carbocycles. The number of aromatic amines is 1. The maximum absolute atomic E-state index is 7.36. The minimum atomic E-state index is -0.543. The van der Waals surface area contributed by atoms with Gasteiger partial charge in [-0.25, -0.2) is 4.98 Å². The first kappa shape index (κ1) is 3.66. The molecule has 4 nitrogen and oxygen atoms in total. The molecule has 0 fully saturated rings. The van der Waals surface area contributed by atoms with Crippen molar-refractivity contribution in [3.8, 4) is 0 Å². The van der Waals surface area contributed by atoms with Crippen molar-refractivity contribution in [1.82, 2.24) is 9.97 Å². The fourth-order valence-corrected chi connectivity index (χ4v) is 0.728. The average molecular weight is 123 g/mol. The van der Waals surface area contributed by atoms with Gasteiger partial charge in [0.05, 0.1) is 26.3 Å². The van der Waals surface area contributed by atoms with Crippen molar-refractivity contribution in [2.75, 3.05) is 5.32 Å². The van der Waals surface area contributed by atoms with Crippen LogP contribution in [0.1, 0.15) is 7.06 Å². The van der Waals surface area contributed by atoms with Crippen molar-refractivity contribution in [3.05, 3.63) is 12.0 Å². The summed E-state index contributed by atoms with van der Waals surface area (Å²) in [5.74, 6) is 0.704. The molecule has 2 heterocycles. The maximum atomic E-state index is 7.36. The summed E-state index contributed by atoms with van der Waals surface area (Å²) in [5.41, 5.74) is 0.725. The summed E-state index contributed by atoms with van der Waals surface area (Å²) >= 11 is 0. The predicted octanol–water partition coefficient (Wildman–Crippen LogP) is 0.363. The highest BCUT2D eigenvalue weighted by atomic mass is 15.1. The number of rotatable bonds is 0. The summed E-state index contributed by atoms with van der Waals surface area (Å²) in [7, 11) is 0. The van der Waals surface area contributed by atoms with E-state index in [1.165, 1.54) is 6.34 Å². The largest absolute Gasteiger partial charge is 0.345 e. The first-order valence-electron chi connectivity index (χ1n) is 3.19. The van der Waals surface area contributed by atoms with Gasteiger partial charge in [0.15, 0.2) is 5.82 Å². The van der Waals surface area contributed by atoms with Crippen LogP contribution in [0.3, 0.4) is 0 Å². The van der Waals surface area contributed by atoms with Crippen LogP contribution in [0.25, 0.3) is 0 Å². The van der Waals surface area contributed by atoms with Crippen molar-refractivity contribution in [1.29, 1.82) is 0 Å². The number of imidazole rings is 1. The van der Waals surface area contributed by atoms with Gasteiger partial charge in [0, 0.05) is 0 Å². The maximum Gasteiger partial charge on any atom is 0.154 e. The summed E-state index contributed by atoms with van der Waals surface area (Å²) in [6, 6.07) is 0. The van der Waals surface area contributed by atoms with E-state index in [-0.39, 0.29) is 0 Å². The molecule has 1 aromatic rings. The number of aromatic nitrogens is 2. The minimum Gasteiger partial charge on any atom is -0.345 e. The standard InChI is InChI=1S/C5H6N4/c1-4-5(8-2-6-1)9-3-7-4/h2-3H,1H2,(H,6,8)(H,7,9)/i1D. The lowest BCUT2D eigenvalue weighted by Gasteiger charge is -2.02. The molecule has 0 spiro atoms. The van der Waals surface area contributed by atoms with Gasteiger partial charge in [0.25, 0.3) is 0 Å². The van der Waals surface area contributed by atoms with Crippen molar-refractivity contribution in [2.45, 2.75) is 6.52 Å². The third-order valence-electron chi connectivity index (χ3n) is 1.15. The van der Waals surface area contributed by atoms with Crippen LogP contribution < -0.4 is 5.32 Å². The summed E-state index contributed by atoms with van der Waals surface area (Å²) in [5, 5.41) is 2.82. The van der Waals surface area contributed by atoms with E-state index in [0.29, 0.717) is 5.82 Å². The molecule has 1 aliphatic heterocycles. The molecule has 0 amide bonds. The summed E-state index contributed by atoms with van der Waals surface area (Å²) in [4.78, 5) is 10.6. The zero-order valence-corrected chi connectivity index (χ0v) is 4.63. The van der Waals surface area contributed by atoms with Gasteiger partial charge in [0.1, 0.15) is 0 Å². The van der Waals surface area contributed by atoms with Gasteiger partial charge >= 0.3 is 0 Å². The average Bonchev–Trinajstić information content (AvgIpc) is 2.36. The van der Waals surface area contributed by atoms with Crippen molar-refractivity contribution in [3.63, 3.8) is 0 Å². The lowest BCUT2D eigenvalue weighted by atomic mass is 10.4. The van der Waals surface area contributed by atoms with E-state index in [0.717, 1.165) is 5.69 Å². The highest BCUT2D eigenvalue weighted by Crippen LogP contribution is 2.11. The molecule has 0 aliphatic carbocycles. The summed E-state index contributed by atoms with van der Waals surface area (Å²) < 4.78 is 7.36. The topological polar surface area (TPSA) is 53.1 Å². The van der Waals surface area contributed by atoms with E-state index < -0.39 is 6.52 Å². The normalized spacial score (nSPS) is 24.4. The van der Waals surface area contributed by atoms with E-state index in [1.54, 1.807) is 6.33 Å². The molecule has 2 N–H and O–H groups in total. The van der Waals surface area contributed by atoms with Crippen molar-refractivity contribution < 1.29 is 1.37 Å². The molecule has 1 aliphatic rings. The first-order valence-corrected chi connectivity index (χ1v) is 2.61. The van der Waals surface area contributed by atoms with E-state index in [1.807, 2.05) is 0 Å². The van der Waals surface area contributed by atoms with Gasteiger partial charge < -0.3 is 10.3 Å². The second-order valence-electron chi connectivity index (χ2n) is 1.72. The van der Waals surface area contributed by atoms with E-state index in [2.05, 4.69) is 20.3 Å². The third-order valence-corrected chi connectivity index (χ3v) is 1.15.